The Morgan fingerprint density at radius 2 is 1.56 bits per heavy atom. The van der Waals surface area contributed by atoms with Crippen LogP contribution in [0.25, 0.3) is 6.08 Å². The first-order chi connectivity index (χ1) is 18.5. The Balaban J connectivity index is 0.000000448. The molecule has 39 heavy (non-hydrogen) atoms. The number of carbonyl (C=O) groups is 2. The molecular formula is C28H29F3N2O4S2. The van der Waals surface area contributed by atoms with Gasteiger partial charge in [-0.2, -0.15) is 13.2 Å². The van der Waals surface area contributed by atoms with Gasteiger partial charge in [-0.25, -0.2) is 0 Å². The molecular weight excluding hydrogens is 549 g/mol. The minimum atomic E-state index is -5.19. The van der Waals surface area contributed by atoms with Crippen LogP contribution in [0.3, 0.4) is 0 Å². The van der Waals surface area contributed by atoms with Gasteiger partial charge in [-0.05, 0) is 40.5 Å². The second kappa shape index (κ2) is 12.0. The van der Waals surface area contributed by atoms with Crippen molar-refractivity contribution in [2.75, 3.05) is 26.2 Å². The van der Waals surface area contributed by atoms with E-state index in [-0.39, 0.29) is 11.9 Å². The predicted octanol–water partition coefficient (Wildman–Crippen LogP) is 3.78. The van der Waals surface area contributed by atoms with Crippen LogP contribution in [0.5, 0.6) is 0 Å². The van der Waals surface area contributed by atoms with Crippen LogP contribution < -0.4 is 10.4 Å². The molecule has 3 aromatic rings. The first-order valence-corrected chi connectivity index (χ1v) is 14.3. The molecule has 3 aliphatic rings. The van der Waals surface area contributed by atoms with Crippen molar-refractivity contribution in [3.8, 4) is 0 Å². The molecule has 0 radical (unpaired) electrons. The fraction of sp³-hybridized carbons (Fsp3) is 0.357. The van der Waals surface area contributed by atoms with Crippen LogP contribution in [0.2, 0.25) is 0 Å². The quantitative estimate of drug-likeness (QED) is 0.418. The molecule has 2 bridgehead atoms. The zero-order chi connectivity index (χ0) is 28.1. The van der Waals surface area contributed by atoms with Crippen molar-refractivity contribution >= 4 is 40.6 Å². The second-order valence-electron chi connectivity index (χ2n) is 9.83. The number of quaternary nitrogens is 1. The van der Waals surface area contributed by atoms with Crippen LogP contribution in [0.1, 0.15) is 28.2 Å². The number of nitrogens with one attached hydrogen (secondary N) is 1. The zero-order valence-electron chi connectivity index (χ0n) is 21.0. The molecule has 1 amide bonds. The molecule has 1 aromatic carbocycles. The van der Waals surface area contributed by atoms with Crippen molar-refractivity contribution in [3.05, 3.63) is 86.8 Å². The van der Waals surface area contributed by atoms with E-state index in [1.54, 1.807) is 0 Å². The van der Waals surface area contributed by atoms with Gasteiger partial charge in [0.15, 0.2) is 0 Å². The topological polar surface area (TPSA) is 89.5 Å². The van der Waals surface area contributed by atoms with Crippen molar-refractivity contribution in [1.29, 1.82) is 0 Å². The van der Waals surface area contributed by atoms with Crippen LogP contribution >= 0.6 is 22.7 Å². The number of hydrogen-bond acceptors (Lipinski definition) is 6. The first kappa shape index (κ1) is 29.0. The summed E-state index contributed by atoms with van der Waals surface area (Å²) >= 11 is 2.85. The van der Waals surface area contributed by atoms with E-state index in [4.69, 9.17) is 9.90 Å². The monoisotopic (exact) mass is 578 g/mol. The SMILES string of the molecule is O=C(N[C@H]1C[N+]2(C/C=C\c3ccccc3)CCC1CC2)C(O)(c1cccs1)c1cccs1.O=C([O-])C(F)(F)F. The minimum absolute atomic E-state index is 0.0987. The molecule has 3 aliphatic heterocycles. The molecule has 0 spiro atoms. The maximum Gasteiger partial charge on any atom is 0.430 e. The Labute approximate surface area is 232 Å². The Kier molecular flexibility index (Phi) is 8.95. The highest BCUT2D eigenvalue weighted by molar-refractivity contribution is 7.12. The number of amides is 1. The first-order valence-electron chi connectivity index (χ1n) is 12.5. The van der Waals surface area contributed by atoms with Crippen molar-refractivity contribution in [1.82, 2.24) is 5.32 Å². The van der Waals surface area contributed by atoms with E-state index in [0.29, 0.717) is 15.7 Å². The summed E-state index contributed by atoms with van der Waals surface area (Å²) in [5.41, 5.74) is -0.397. The van der Waals surface area contributed by atoms with E-state index in [2.05, 4.69) is 41.7 Å². The van der Waals surface area contributed by atoms with Crippen molar-refractivity contribution in [2.24, 2.45) is 5.92 Å². The highest BCUT2D eigenvalue weighted by Crippen LogP contribution is 2.38. The number of aliphatic carboxylic acids is 1. The Bertz CT molecular complexity index is 1220. The molecule has 2 aromatic heterocycles. The minimum Gasteiger partial charge on any atom is -0.542 e. The van der Waals surface area contributed by atoms with Crippen molar-refractivity contribution in [2.45, 2.75) is 30.7 Å². The zero-order valence-corrected chi connectivity index (χ0v) is 22.6. The number of alkyl halides is 3. The summed E-state index contributed by atoms with van der Waals surface area (Å²) in [5.74, 6) is -2.81. The summed E-state index contributed by atoms with van der Waals surface area (Å²) in [5, 5.41) is 27.5. The lowest BCUT2D eigenvalue weighted by molar-refractivity contribution is -0.938. The maximum atomic E-state index is 13.5. The molecule has 6 nitrogen and oxygen atoms in total. The third-order valence-electron chi connectivity index (χ3n) is 7.34. The van der Waals surface area contributed by atoms with Crippen LogP contribution in [0.15, 0.2) is 71.4 Å². The van der Waals surface area contributed by atoms with Gasteiger partial charge in [0.05, 0.1) is 42.0 Å². The fourth-order valence-electron chi connectivity index (χ4n) is 5.27. The highest BCUT2D eigenvalue weighted by Gasteiger charge is 2.49. The number of nitrogens with zero attached hydrogens (tertiary/aromatic N) is 1. The maximum absolute atomic E-state index is 13.5. The van der Waals surface area contributed by atoms with E-state index in [1.165, 1.54) is 28.2 Å². The summed E-state index contributed by atoms with van der Waals surface area (Å²) in [6.45, 7) is 4.24. The lowest BCUT2D eigenvalue weighted by Gasteiger charge is -2.52. The van der Waals surface area contributed by atoms with E-state index in [1.807, 2.05) is 41.1 Å². The van der Waals surface area contributed by atoms with Gasteiger partial charge in [0.2, 0.25) is 5.60 Å². The fourth-order valence-corrected chi connectivity index (χ4v) is 7.00. The predicted molar refractivity (Wildman–Crippen MR) is 143 cm³/mol. The van der Waals surface area contributed by atoms with Gasteiger partial charge < -0.3 is 24.8 Å². The van der Waals surface area contributed by atoms with Gasteiger partial charge in [0.25, 0.3) is 5.91 Å². The summed E-state index contributed by atoms with van der Waals surface area (Å²) in [6.07, 6.45) is 1.54. The largest absolute Gasteiger partial charge is 0.542 e. The van der Waals surface area contributed by atoms with Crippen LogP contribution in [-0.2, 0) is 15.2 Å². The molecule has 3 fully saturated rings. The molecule has 0 saturated carbocycles. The van der Waals surface area contributed by atoms with Gasteiger partial charge in [0.1, 0.15) is 5.97 Å². The van der Waals surface area contributed by atoms with Crippen LogP contribution in [0, 0.1) is 5.92 Å². The van der Waals surface area contributed by atoms with Crippen LogP contribution in [-0.4, -0.2) is 59.9 Å². The summed E-state index contributed by atoms with van der Waals surface area (Å²) in [7, 11) is 0. The van der Waals surface area contributed by atoms with Gasteiger partial charge in [-0.15, -0.1) is 22.7 Å². The summed E-state index contributed by atoms with van der Waals surface area (Å²) in [4.78, 5) is 23.7. The average molecular weight is 579 g/mol. The summed E-state index contributed by atoms with van der Waals surface area (Å²) < 4.78 is 32.6. The number of piperidine rings is 3. The molecule has 11 heteroatoms. The van der Waals surface area contributed by atoms with E-state index < -0.39 is 17.7 Å². The van der Waals surface area contributed by atoms with Crippen molar-refractivity contribution in [3.63, 3.8) is 0 Å². The van der Waals surface area contributed by atoms with E-state index >= 15 is 0 Å². The standard InChI is InChI=1S/C26H28N2O2S2.C2HF3O2/c29-25(26(30,23-10-5-17-31-23)24-11-6-18-32-24)27-22-19-28(15-12-21(22)13-16-28)14-4-9-20-7-2-1-3-8-20;3-2(4,5)1(6)7/h1-11,17-18,21-22,30H,12-16,19H2;(H,6,7)/b9-4-;/t21?,22-,28?;/m0./s1. The smallest absolute Gasteiger partial charge is 0.430 e. The number of benzene rings is 1. The molecule has 3 saturated heterocycles. The third-order valence-corrected chi connectivity index (χ3v) is 9.29. The lowest BCUT2D eigenvalue weighted by Crippen LogP contribution is -2.68. The molecule has 0 aliphatic carbocycles. The average Bonchev–Trinajstić information content (AvgIpc) is 3.65. The number of carbonyl (C=O) groups excluding carboxylic acids is 2. The lowest BCUT2D eigenvalue weighted by atomic mass is 9.81. The Hall–Kier alpha value is -2.99. The molecule has 2 N–H and O–H groups in total. The number of rotatable bonds is 7. The van der Waals surface area contributed by atoms with Gasteiger partial charge >= 0.3 is 6.18 Å². The van der Waals surface area contributed by atoms with Crippen LogP contribution in [0.4, 0.5) is 13.2 Å². The number of aliphatic hydroxyl groups is 1. The summed E-state index contributed by atoms with van der Waals surface area (Å²) in [6, 6.07) is 18.0. The normalized spacial score (nSPS) is 22.8. The van der Waals surface area contributed by atoms with Gasteiger partial charge in [-0.3, -0.25) is 4.79 Å². The molecule has 208 valence electrons. The van der Waals surface area contributed by atoms with Gasteiger partial charge in [-0.1, -0.05) is 48.5 Å². The Morgan fingerprint density at radius 3 is 2.05 bits per heavy atom. The molecule has 6 rings (SSSR count). The number of carboxylic acids is 1. The Morgan fingerprint density at radius 1 is 1.00 bits per heavy atom. The number of hydrogen-bond donors (Lipinski definition) is 2. The number of halogens is 3. The van der Waals surface area contributed by atoms with Gasteiger partial charge in [0, 0.05) is 12.8 Å². The molecule has 1 atom stereocenters. The number of fused-ring (bicyclic) bond motifs is 3. The van der Waals surface area contributed by atoms with E-state index in [0.717, 1.165) is 43.5 Å². The highest BCUT2D eigenvalue weighted by atomic mass is 32.1. The van der Waals surface area contributed by atoms with E-state index in [9.17, 15) is 23.1 Å². The third kappa shape index (κ3) is 6.78. The molecule has 5 heterocycles. The second-order valence-corrected chi connectivity index (χ2v) is 11.7. The van der Waals surface area contributed by atoms with Crippen molar-refractivity contribution < 1.29 is 37.5 Å². The molecule has 0 unspecified atom stereocenters. The number of thiophene rings is 2. The number of carboxylic acid groups (broad SMARTS) is 1.